The molecule has 0 bridgehead atoms. The first-order chi connectivity index (χ1) is 15.1. The Morgan fingerprint density at radius 1 is 1.09 bits per heavy atom. The molecular weight excluding hydrogens is 410 g/mol. The molecule has 3 aromatic heterocycles. The van der Waals surface area contributed by atoms with Crippen molar-refractivity contribution in [3.63, 3.8) is 0 Å². The highest BCUT2D eigenvalue weighted by Gasteiger charge is 2.21. The molecule has 0 atom stereocenters. The number of aryl methyl sites for hydroxylation is 1. The molecule has 4 aromatic rings. The van der Waals surface area contributed by atoms with Gasteiger partial charge >= 0.3 is 12.2 Å². The van der Waals surface area contributed by atoms with Crippen LogP contribution in [0.25, 0.3) is 22.2 Å². The summed E-state index contributed by atoms with van der Waals surface area (Å²) in [6.45, 7) is 7.27. The van der Waals surface area contributed by atoms with Crippen molar-refractivity contribution in [1.29, 1.82) is 0 Å². The normalized spacial score (nSPS) is 11.5. The Balaban J connectivity index is 1.71. The standard InChI is InChI=1S/C23H23N5O4/c1-14-5-7-17(8-6-14)26-20-10-19-15(11-24-20)9-18(28(19)21(29)30)16-12-25-27(13-16)22(31)32-23(2,3)4/h5-13H,1-4H3,(H,24,26)(H,29,30). The van der Waals surface area contributed by atoms with Crippen molar-refractivity contribution in [1.82, 2.24) is 19.3 Å². The molecule has 0 saturated heterocycles. The topological polar surface area (TPSA) is 111 Å². The van der Waals surface area contributed by atoms with Crippen LogP contribution in [0, 0.1) is 6.92 Å². The first kappa shape index (κ1) is 21.1. The predicted octanol–water partition coefficient (Wildman–Crippen LogP) is 5.26. The molecule has 0 fully saturated rings. The number of fused-ring (bicyclic) bond motifs is 1. The molecule has 0 spiro atoms. The van der Waals surface area contributed by atoms with E-state index in [4.69, 9.17) is 4.74 Å². The summed E-state index contributed by atoms with van der Waals surface area (Å²) in [7, 11) is 0. The maximum absolute atomic E-state index is 12.3. The molecule has 9 heteroatoms. The zero-order valence-electron chi connectivity index (χ0n) is 18.2. The number of hydrogen-bond acceptors (Lipinski definition) is 6. The molecule has 0 aliphatic carbocycles. The molecule has 0 saturated carbocycles. The Hall–Kier alpha value is -4.14. The quantitative estimate of drug-likeness (QED) is 0.453. The fourth-order valence-electron chi connectivity index (χ4n) is 3.24. The van der Waals surface area contributed by atoms with E-state index in [0.29, 0.717) is 28.0 Å². The largest absolute Gasteiger partial charge is 0.464 e. The summed E-state index contributed by atoms with van der Waals surface area (Å²) in [5, 5.41) is 17.8. The molecule has 0 unspecified atom stereocenters. The van der Waals surface area contributed by atoms with E-state index in [0.717, 1.165) is 20.5 Å². The van der Waals surface area contributed by atoms with Crippen LogP contribution in [0.2, 0.25) is 0 Å². The fraction of sp³-hybridized carbons (Fsp3) is 0.217. The van der Waals surface area contributed by atoms with Gasteiger partial charge in [-0.1, -0.05) is 17.7 Å². The smallest absolute Gasteiger partial charge is 0.435 e. The van der Waals surface area contributed by atoms with Gasteiger partial charge in [0.1, 0.15) is 11.4 Å². The molecule has 3 heterocycles. The van der Waals surface area contributed by atoms with Gasteiger partial charge in [0, 0.05) is 35.1 Å². The average molecular weight is 433 g/mol. The number of benzene rings is 1. The maximum Gasteiger partial charge on any atom is 0.435 e. The van der Waals surface area contributed by atoms with Gasteiger partial charge in [-0.3, -0.25) is 0 Å². The summed E-state index contributed by atoms with van der Waals surface area (Å²) in [5.41, 5.74) is 2.59. The van der Waals surface area contributed by atoms with Crippen molar-refractivity contribution in [2.75, 3.05) is 5.32 Å². The number of carbonyl (C=O) groups is 2. The SMILES string of the molecule is Cc1ccc(Nc2cc3c(cn2)cc(-c2cnn(C(=O)OC(C)(C)C)c2)n3C(=O)O)cc1. The third-order valence-corrected chi connectivity index (χ3v) is 4.66. The molecule has 0 amide bonds. The van der Waals surface area contributed by atoms with E-state index in [-0.39, 0.29) is 0 Å². The van der Waals surface area contributed by atoms with Crippen molar-refractivity contribution >= 4 is 34.6 Å². The summed E-state index contributed by atoms with van der Waals surface area (Å²) in [5.74, 6) is 0.512. The lowest BCUT2D eigenvalue weighted by Crippen LogP contribution is -2.27. The van der Waals surface area contributed by atoms with Crippen LogP contribution in [0.5, 0.6) is 0 Å². The Morgan fingerprint density at radius 3 is 2.47 bits per heavy atom. The molecule has 1 aromatic carbocycles. The minimum Gasteiger partial charge on any atom is -0.464 e. The molecule has 32 heavy (non-hydrogen) atoms. The zero-order chi connectivity index (χ0) is 23.0. The molecule has 0 aliphatic rings. The van der Waals surface area contributed by atoms with Crippen molar-refractivity contribution in [3.05, 3.63) is 60.6 Å². The second-order valence-electron chi connectivity index (χ2n) is 8.42. The van der Waals surface area contributed by atoms with Gasteiger partial charge in [-0.2, -0.15) is 9.78 Å². The molecule has 0 radical (unpaired) electrons. The van der Waals surface area contributed by atoms with Crippen LogP contribution < -0.4 is 5.32 Å². The number of nitrogens with one attached hydrogen (secondary N) is 1. The fourth-order valence-corrected chi connectivity index (χ4v) is 3.24. The number of carbonyl (C=O) groups excluding carboxylic acids is 1. The number of anilines is 2. The zero-order valence-corrected chi connectivity index (χ0v) is 18.2. The average Bonchev–Trinajstić information content (AvgIpc) is 3.33. The van der Waals surface area contributed by atoms with Crippen LogP contribution >= 0.6 is 0 Å². The van der Waals surface area contributed by atoms with Crippen LogP contribution in [0.15, 0.2) is 55.0 Å². The summed E-state index contributed by atoms with van der Waals surface area (Å²) < 4.78 is 7.50. The van der Waals surface area contributed by atoms with Gasteiger partial charge in [0.15, 0.2) is 0 Å². The molecular formula is C23H23N5O4. The van der Waals surface area contributed by atoms with E-state index in [1.165, 1.54) is 12.4 Å². The Labute approximate surface area is 184 Å². The first-order valence-electron chi connectivity index (χ1n) is 9.97. The Morgan fingerprint density at radius 2 is 1.81 bits per heavy atom. The number of hydrogen-bond donors (Lipinski definition) is 2. The van der Waals surface area contributed by atoms with E-state index in [9.17, 15) is 14.7 Å². The van der Waals surface area contributed by atoms with Gasteiger partial charge in [-0.05, 0) is 45.9 Å². The van der Waals surface area contributed by atoms with Crippen molar-refractivity contribution in [2.45, 2.75) is 33.3 Å². The van der Waals surface area contributed by atoms with Gasteiger partial charge in [0.25, 0.3) is 0 Å². The minimum absolute atomic E-state index is 0.372. The summed E-state index contributed by atoms with van der Waals surface area (Å²) in [4.78, 5) is 28.8. The first-order valence-corrected chi connectivity index (χ1v) is 9.97. The second-order valence-corrected chi connectivity index (χ2v) is 8.42. The lowest BCUT2D eigenvalue weighted by molar-refractivity contribution is 0.0514. The number of aromatic nitrogens is 4. The number of pyridine rings is 1. The number of carboxylic acid groups (broad SMARTS) is 1. The summed E-state index contributed by atoms with van der Waals surface area (Å²) in [6, 6.07) is 11.2. The van der Waals surface area contributed by atoms with E-state index >= 15 is 0 Å². The van der Waals surface area contributed by atoms with Gasteiger partial charge in [-0.25, -0.2) is 19.1 Å². The van der Waals surface area contributed by atoms with E-state index in [2.05, 4.69) is 15.4 Å². The third kappa shape index (κ3) is 4.31. The van der Waals surface area contributed by atoms with Gasteiger partial charge < -0.3 is 15.2 Å². The van der Waals surface area contributed by atoms with Crippen molar-refractivity contribution in [3.8, 4) is 11.3 Å². The highest BCUT2D eigenvalue weighted by atomic mass is 16.6. The van der Waals surface area contributed by atoms with Gasteiger partial charge in [0.2, 0.25) is 0 Å². The molecule has 9 nitrogen and oxygen atoms in total. The summed E-state index contributed by atoms with van der Waals surface area (Å²) in [6.07, 6.45) is 2.67. The predicted molar refractivity (Wildman–Crippen MR) is 120 cm³/mol. The molecule has 4 rings (SSSR count). The maximum atomic E-state index is 12.3. The van der Waals surface area contributed by atoms with Crippen molar-refractivity contribution < 1.29 is 19.4 Å². The molecule has 164 valence electrons. The highest BCUT2D eigenvalue weighted by Crippen LogP contribution is 2.30. The number of rotatable bonds is 3. The van der Waals surface area contributed by atoms with Crippen LogP contribution in [-0.2, 0) is 4.74 Å². The second kappa shape index (κ2) is 7.84. The minimum atomic E-state index is -1.16. The lowest BCUT2D eigenvalue weighted by Gasteiger charge is -2.18. The number of nitrogens with zero attached hydrogens (tertiary/aromatic N) is 4. The van der Waals surface area contributed by atoms with Crippen molar-refractivity contribution in [2.24, 2.45) is 0 Å². The summed E-state index contributed by atoms with van der Waals surface area (Å²) >= 11 is 0. The van der Waals surface area contributed by atoms with Gasteiger partial charge in [0.05, 0.1) is 17.4 Å². The van der Waals surface area contributed by atoms with E-state index in [1.807, 2.05) is 31.2 Å². The lowest BCUT2D eigenvalue weighted by atomic mass is 10.2. The Kier molecular flexibility index (Phi) is 5.17. The van der Waals surface area contributed by atoms with Crippen LogP contribution in [0.4, 0.5) is 21.1 Å². The van der Waals surface area contributed by atoms with E-state index < -0.39 is 17.8 Å². The Bertz CT molecular complexity index is 1310. The number of ether oxygens (including phenoxy) is 1. The molecule has 2 N–H and O–H groups in total. The van der Waals surface area contributed by atoms with Crippen LogP contribution in [-0.4, -0.2) is 42.2 Å². The third-order valence-electron chi connectivity index (χ3n) is 4.66. The highest BCUT2D eigenvalue weighted by molar-refractivity contribution is 5.96. The van der Waals surface area contributed by atoms with Crippen LogP contribution in [0.3, 0.4) is 0 Å². The van der Waals surface area contributed by atoms with E-state index in [1.54, 1.807) is 39.1 Å². The van der Waals surface area contributed by atoms with Crippen LogP contribution in [0.1, 0.15) is 26.3 Å². The monoisotopic (exact) mass is 433 g/mol. The molecule has 0 aliphatic heterocycles. The van der Waals surface area contributed by atoms with Gasteiger partial charge in [-0.15, -0.1) is 0 Å².